The van der Waals surface area contributed by atoms with Crippen molar-refractivity contribution in [2.24, 2.45) is 0 Å². The quantitative estimate of drug-likeness (QED) is 0.546. The fraction of sp³-hybridized carbons (Fsp3) is 0.0526. The molecule has 3 aromatic carbocycles. The highest BCUT2D eigenvalue weighted by Gasteiger charge is 2.30. The van der Waals surface area contributed by atoms with Crippen LogP contribution in [0.4, 0.5) is 0 Å². The van der Waals surface area contributed by atoms with E-state index in [1.165, 1.54) is 0 Å². The Morgan fingerprint density at radius 3 is 1.58 bits per heavy atom. The van der Waals surface area contributed by atoms with Crippen LogP contribution in [0.15, 0.2) is 91.0 Å². The van der Waals surface area contributed by atoms with E-state index in [2.05, 4.69) is 0 Å². The molecule has 0 spiro atoms. The molecule has 0 aliphatic heterocycles. The summed E-state index contributed by atoms with van der Waals surface area (Å²) in [5.41, 5.74) is 2.06. The molecule has 0 bridgehead atoms. The van der Waals surface area contributed by atoms with Crippen LogP contribution in [0.1, 0.15) is 0 Å². The minimum absolute atomic E-state index is 0.164. The smallest absolute Gasteiger partial charge is 0.366 e. The Balaban J connectivity index is 2.02. The summed E-state index contributed by atoms with van der Waals surface area (Å²) in [5.74, 6) is 0. The summed E-state index contributed by atoms with van der Waals surface area (Å²) in [5, 5.41) is 10.9. The molecule has 5 heteroatoms. The minimum Gasteiger partial charge on any atom is -0.393 e. The fourth-order valence-corrected chi connectivity index (χ4v) is 4.76. The molecule has 1 atom stereocenters. The van der Waals surface area contributed by atoms with Gasteiger partial charge in [-0.3, -0.25) is 0 Å². The maximum atomic E-state index is 10.0. The molecule has 0 fully saturated rings. The van der Waals surface area contributed by atoms with Gasteiger partial charge in [-0.05, 0) is 10.9 Å². The average molecular weight is 352 g/mol. The molecule has 0 aliphatic rings. The largest absolute Gasteiger partial charge is 0.393 e. The molecule has 0 aliphatic carbocycles. The van der Waals surface area contributed by atoms with E-state index in [0.29, 0.717) is 0 Å². The van der Waals surface area contributed by atoms with Crippen molar-refractivity contribution in [2.45, 2.75) is 0 Å². The van der Waals surface area contributed by atoms with Gasteiger partial charge in [0.25, 0.3) is 0 Å². The normalized spacial score (nSPS) is 13.2. The number of aliphatic hydroxyl groups is 1. The Morgan fingerprint density at radius 2 is 1.17 bits per heavy atom. The molecule has 2 nitrogen and oxygen atoms in total. The third kappa shape index (κ3) is 3.85. The first-order chi connectivity index (χ1) is 11.7. The lowest BCUT2D eigenvalue weighted by molar-refractivity contribution is 0.360. The van der Waals surface area contributed by atoms with Crippen LogP contribution >= 0.6 is 6.26 Å². The van der Waals surface area contributed by atoms with Crippen molar-refractivity contribution in [1.29, 1.82) is 0 Å². The van der Waals surface area contributed by atoms with Gasteiger partial charge >= 0.3 is 6.92 Å². The van der Waals surface area contributed by atoms with Crippen molar-refractivity contribution >= 4 is 41.2 Å². The van der Waals surface area contributed by atoms with Crippen molar-refractivity contribution in [3.8, 4) is 0 Å². The van der Waals surface area contributed by atoms with E-state index in [4.69, 9.17) is 16.2 Å². The lowest BCUT2D eigenvalue weighted by Crippen LogP contribution is -2.45. The third-order valence-corrected chi connectivity index (χ3v) is 7.06. The van der Waals surface area contributed by atoms with E-state index in [-0.39, 0.29) is 13.3 Å². The fourth-order valence-electron chi connectivity index (χ4n) is 2.57. The SMILES string of the molecule is OCP(=S)(OB(c1ccccc1)c1ccccc1)c1ccccc1. The van der Waals surface area contributed by atoms with E-state index >= 15 is 0 Å². The maximum Gasteiger partial charge on any atom is 0.366 e. The number of rotatable bonds is 6. The second-order valence-corrected chi connectivity index (χ2v) is 9.58. The summed E-state index contributed by atoms with van der Waals surface area (Å²) in [6.07, 6.45) is -2.71. The predicted molar refractivity (Wildman–Crippen MR) is 106 cm³/mol. The molecule has 0 heterocycles. The van der Waals surface area contributed by atoms with Gasteiger partial charge < -0.3 is 9.55 Å². The van der Waals surface area contributed by atoms with Crippen LogP contribution in [-0.2, 0) is 16.2 Å². The molecule has 0 aromatic heterocycles. The highest BCUT2D eigenvalue weighted by atomic mass is 32.4. The molecule has 0 radical (unpaired) electrons. The van der Waals surface area contributed by atoms with Crippen LogP contribution in [0.25, 0.3) is 0 Å². The topological polar surface area (TPSA) is 29.5 Å². The van der Waals surface area contributed by atoms with Crippen LogP contribution in [-0.4, -0.2) is 18.4 Å². The Labute approximate surface area is 148 Å². The van der Waals surface area contributed by atoms with E-state index in [1.807, 2.05) is 91.0 Å². The van der Waals surface area contributed by atoms with Crippen molar-refractivity contribution in [2.75, 3.05) is 6.35 Å². The number of hydrogen-bond donors (Lipinski definition) is 1. The first kappa shape index (κ1) is 17.1. The molecular formula is C19H18BO2PS. The third-order valence-electron chi connectivity index (χ3n) is 3.82. The zero-order chi connectivity index (χ0) is 16.8. The Morgan fingerprint density at radius 1 is 0.750 bits per heavy atom. The maximum absolute atomic E-state index is 10.0. The Bertz CT molecular complexity index is 773. The van der Waals surface area contributed by atoms with Crippen molar-refractivity contribution in [3.05, 3.63) is 91.0 Å². The van der Waals surface area contributed by atoms with Crippen molar-refractivity contribution < 1.29 is 9.55 Å². The average Bonchev–Trinajstić information content (AvgIpc) is 2.68. The van der Waals surface area contributed by atoms with Crippen molar-refractivity contribution in [1.82, 2.24) is 0 Å². The highest BCUT2D eigenvalue weighted by molar-refractivity contribution is 8.16. The lowest BCUT2D eigenvalue weighted by atomic mass is 9.56. The molecule has 3 rings (SSSR count). The van der Waals surface area contributed by atoms with Crippen LogP contribution < -0.4 is 16.2 Å². The summed E-state index contributed by atoms with van der Waals surface area (Å²) in [6.45, 7) is -0.300. The molecule has 24 heavy (non-hydrogen) atoms. The van der Waals surface area contributed by atoms with Gasteiger partial charge in [0.1, 0.15) is 6.26 Å². The second-order valence-electron chi connectivity index (χ2n) is 5.46. The van der Waals surface area contributed by atoms with Gasteiger partial charge in [-0.1, -0.05) is 103 Å². The van der Waals surface area contributed by atoms with Crippen molar-refractivity contribution in [3.63, 3.8) is 0 Å². The van der Waals surface area contributed by atoms with Crippen LogP contribution in [0, 0.1) is 0 Å². The molecule has 0 saturated carbocycles. The van der Waals surface area contributed by atoms with Crippen LogP contribution in [0.2, 0.25) is 0 Å². The minimum atomic E-state index is -2.55. The van der Waals surface area contributed by atoms with E-state index in [1.54, 1.807) is 0 Å². The predicted octanol–water partition coefficient (Wildman–Crippen LogP) is 2.48. The Hall–Kier alpha value is -1.71. The molecule has 3 aromatic rings. The number of hydrogen-bond acceptors (Lipinski definition) is 3. The Kier molecular flexibility index (Phi) is 5.65. The van der Waals surface area contributed by atoms with E-state index < -0.39 is 6.26 Å². The highest BCUT2D eigenvalue weighted by Crippen LogP contribution is 2.45. The van der Waals surface area contributed by atoms with Crippen LogP contribution in [0.5, 0.6) is 0 Å². The van der Waals surface area contributed by atoms with Gasteiger partial charge in [0.2, 0.25) is 0 Å². The summed E-state index contributed by atoms with van der Waals surface area (Å²) < 4.78 is 6.42. The van der Waals surface area contributed by atoms with Gasteiger partial charge in [0.15, 0.2) is 0 Å². The molecule has 0 amide bonds. The molecular weight excluding hydrogens is 334 g/mol. The van der Waals surface area contributed by atoms with Crippen LogP contribution in [0.3, 0.4) is 0 Å². The molecule has 120 valence electrons. The number of aliphatic hydroxyl groups excluding tert-OH is 1. The zero-order valence-electron chi connectivity index (χ0n) is 13.2. The summed E-state index contributed by atoms with van der Waals surface area (Å²) in [4.78, 5) is 0. The first-order valence-electron chi connectivity index (χ1n) is 7.77. The summed E-state index contributed by atoms with van der Waals surface area (Å²) in [6, 6.07) is 29.7. The zero-order valence-corrected chi connectivity index (χ0v) is 14.9. The summed E-state index contributed by atoms with van der Waals surface area (Å²) in [7, 11) is 0. The monoisotopic (exact) mass is 352 g/mol. The van der Waals surface area contributed by atoms with Gasteiger partial charge in [-0.25, -0.2) is 0 Å². The lowest BCUT2D eigenvalue weighted by Gasteiger charge is -2.26. The summed E-state index contributed by atoms with van der Waals surface area (Å²) >= 11 is 5.78. The first-order valence-corrected chi connectivity index (χ1v) is 10.7. The molecule has 0 saturated heterocycles. The number of benzene rings is 3. The standard InChI is InChI=1S/C19H18BO2PS/c21-16-23(24,19-14-8-3-9-15-19)22-20(17-10-4-1-5-11-17)18-12-6-2-7-13-18/h1-15,21H,16H2. The second kappa shape index (κ2) is 7.91. The van der Waals surface area contributed by atoms with E-state index in [9.17, 15) is 5.11 Å². The van der Waals surface area contributed by atoms with Gasteiger partial charge in [-0.2, -0.15) is 0 Å². The molecule has 1 N–H and O–H groups in total. The van der Waals surface area contributed by atoms with Gasteiger partial charge in [-0.15, -0.1) is 0 Å². The van der Waals surface area contributed by atoms with Gasteiger partial charge in [0, 0.05) is 5.30 Å². The van der Waals surface area contributed by atoms with E-state index in [0.717, 1.165) is 16.2 Å². The molecule has 1 unspecified atom stereocenters. The van der Waals surface area contributed by atoms with Gasteiger partial charge in [0.05, 0.1) is 6.35 Å².